The van der Waals surface area contributed by atoms with E-state index >= 15 is 0 Å². The molecule has 0 aromatic heterocycles. The molecule has 1 N–H and O–H groups in total. The van der Waals surface area contributed by atoms with Gasteiger partial charge in [0.25, 0.3) is 0 Å². The fourth-order valence-electron chi connectivity index (χ4n) is 1.95. The lowest BCUT2D eigenvalue weighted by atomic mass is 10.1. The van der Waals surface area contributed by atoms with Crippen molar-refractivity contribution in [2.24, 2.45) is 0 Å². The number of nitrogens with zero attached hydrogens (tertiary/aromatic N) is 1. The minimum Gasteiger partial charge on any atom is -0.465 e. The van der Waals surface area contributed by atoms with E-state index in [0.717, 1.165) is 17.5 Å². The van der Waals surface area contributed by atoms with Crippen molar-refractivity contribution < 1.29 is 9.90 Å². The Balaban J connectivity index is 1.95. The lowest BCUT2D eigenvalue weighted by Gasteiger charge is -2.19. The summed E-state index contributed by atoms with van der Waals surface area (Å²) < 4.78 is 0. The second-order valence-electron chi connectivity index (χ2n) is 4.43. The molecule has 2 aromatic carbocycles. The van der Waals surface area contributed by atoms with Crippen LogP contribution < -0.4 is 0 Å². The molecule has 0 bridgehead atoms. The Kier molecular flexibility index (Phi) is 4.56. The lowest BCUT2D eigenvalue weighted by Crippen LogP contribution is -2.30. The van der Waals surface area contributed by atoms with Crippen molar-refractivity contribution >= 4 is 6.09 Å². The van der Waals surface area contributed by atoms with Gasteiger partial charge in [-0.15, -0.1) is 0 Å². The van der Waals surface area contributed by atoms with E-state index in [9.17, 15) is 9.90 Å². The molecule has 0 aliphatic rings. The zero-order chi connectivity index (χ0) is 13.5. The Bertz CT molecular complexity index is 511. The fourth-order valence-corrected chi connectivity index (χ4v) is 1.95. The summed E-state index contributed by atoms with van der Waals surface area (Å²) in [6.07, 6.45) is -0.139. The van der Waals surface area contributed by atoms with Gasteiger partial charge in [-0.25, -0.2) is 4.79 Å². The van der Waals surface area contributed by atoms with Gasteiger partial charge in [0.1, 0.15) is 0 Å². The quantitative estimate of drug-likeness (QED) is 0.889. The van der Waals surface area contributed by atoms with Gasteiger partial charge in [0.2, 0.25) is 0 Å². The number of benzene rings is 2. The summed E-state index contributed by atoms with van der Waals surface area (Å²) >= 11 is 0. The molecule has 2 rings (SSSR count). The summed E-state index contributed by atoms with van der Waals surface area (Å²) in [7, 11) is 0. The van der Waals surface area contributed by atoms with Crippen molar-refractivity contribution in [1.82, 2.24) is 4.90 Å². The van der Waals surface area contributed by atoms with E-state index < -0.39 is 6.09 Å². The van der Waals surface area contributed by atoms with Gasteiger partial charge in [0.05, 0.1) is 0 Å². The van der Waals surface area contributed by atoms with Crippen LogP contribution in [0.5, 0.6) is 0 Å². The number of hydrogen-bond acceptors (Lipinski definition) is 1. The summed E-state index contributed by atoms with van der Waals surface area (Å²) in [5, 5.41) is 9.24. The second kappa shape index (κ2) is 6.59. The predicted molar refractivity (Wildman–Crippen MR) is 75.0 cm³/mol. The molecule has 0 unspecified atom stereocenters. The van der Waals surface area contributed by atoms with Gasteiger partial charge in [0.15, 0.2) is 0 Å². The molecule has 2 aromatic rings. The van der Waals surface area contributed by atoms with Gasteiger partial charge in [-0.2, -0.15) is 0 Å². The van der Waals surface area contributed by atoms with E-state index in [2.05, 4.69) is 0 Å². The molecule has 1 amide bonds. The molecule has 19 heavy (non-hydrogen) atoms. The SMILES string of the molecule is O=C(O)N(CCc1ccccc1)Cc1ccccc1. The first kappa shape index (κ1) is 13.1. The van der Waals surface area contributed by atoms with Crippen LogP contribution in [-0.2, 0) is 13.0 Å². The Morgan fingerprint density at radius 1 is 0.895 bits per heavy atom. The van der Waals surface area contributed by atoms with Crippen LogP contribution in [0.25, 0.3) is 0 Å². The smallest absolute Gasteiger partial charge is 0.407 e. The summed E-state index contributed by atoms with van der Waals surface area (Å²) in [5.74, 6) is 0. The van der Waals surface area contributed by atoms with E-state index in [0.29, 0.717) is 13.1 Å². The van der Waals surface area contributed by atoms with Gasteiger partial charge in [-0.3, -0.25) is 0 Å². The number of hydrogen-bond donors (Lipinski definition) is 1. The van der Waals surface area contributed by atoms with Gasteiger partial charge in [-0.1, -0.05) is 60.7 Å². The average Bonchev–Trinajstić information content (AvgIpc) is 2.45. The topological polar surface area (TPSA) is 40.5 Å². The first-order chi connectivity index (χ1) is 9.25. The predicted octanol–water partition coefficient (Wildman–Crippen LogP) is 3.41. The van der Waals surface area contributed by atoms with Gasteiger partial charge < -0.3 is 10.0 Å². The number of carboxylic acid groups (broad SMARTS) is 1. The van der Waals surface area contributed by atoms with Gasteiger partial charge in [-0.05, 0) is 17.5 Å². The van der Waals surface area contributed by atoms with Crippen molar-refractivity contribution in [3.05, 3.63) is 71.8 Å². The van der Waals surface area contributed by atoms with Crippen molar-refractivity contribution in [2.75, 3.05) is 6.54 Å². The summed E-state index contributed by atoms with van der Waals surface area (Å²) in [6.45, 7) is 0.942. The third kappa shape index (κ3) is 4.14. The number of carbonyl (C=O) groups is 1. The van der Waals surface area contributed by atoms with Crippen LogP contribution in [0, 0.1) is 0 Å². The van der Waals surface area contributed by atoms with Crippen LogP contribution in [0.15, 0.2) is 60.7 Å². The van der Waals surface area contributed by atoms with E-state index in [1.54, 1.807) is 0 Å². The number of rotatable bonds is 5. The van der Waals surface area contributed by atoms with Crippen LogP contribution in [0.4, 0.5) is 4.79 Å². The molecule has 98 valence electrons. The highest BCUT2D eigenvalue weighted by Gasteiger charge is 2.11. The number of amides is 1. The summed E-state index contributed by atoms with van der Waals surface area (Å²) in [4.78, 5) is 12.7. The molecule has 0 fully saturated rings. The normalized spacial score (nSPS) is 10.1. The molecule has 0 radical (unpaired) electrons. The molecule has 3 heteroatoms. The maximum atomic E-state index is 11.3. The first-order valence-electron chi connectivity index (χ1n) is 6.31. The Morgan fingerprint density at radius 3 is 1.95 bits per heavy atom. The minimum absolute atomic E-state index is 0.434. The van der Waals surface area contributed by atoms with E-state index in [4.69, 9.17) is 0 Å². The van der Waals surface area contributed by atoms with Crippen molar-refractivity contribution in [1.29, 1.82) is 0 Å². The Labute approximate surface area is 113 Å². The standard InChI is InChI=1S/C16H17NO2/c18-16(19)17(13-15-9-5-2-6-10-15)12-11-14-7-3-1-4-8-14/h1-10H,11-13H2,(H,18,19). The van der Waals surface area contributed by atoms with Crippen molar-refractivity contribution in [3.63, 3.8) is 0 Å². The van der Waals surface area contributed by atoms with Crippen LogP contribution >= 0.6 is 0 Å². The van der Waals surface area contributed by atoms with E-state index in [1.807, 2.05) is 60.7 Å². The average molecular weight is 255 g/mol. The van der Waals surface area contributed by atoms with Gasteiger partial charge in [0, 0.05) is 13.1 Å². The summed E-state index contributed by atoms with van der Waals surface area (Å²) in [6, 6.07) is 19.6. The molecular formula is C16H17NO2. The third-order valence-corrected chi connectivity index (χ3v) is 3.00. The van der Waals surface area contributed by atoms with Crippen LogP contribution in [0.1, 0.15) is 11.1 Å². The highest BCUT2D eigenvalue weighted by atomic mass is 16.4. The van der Waals surface area contributed by atoms with Crippen LogP contribution in [0.3, 0.4) is 0 Å². The van der Waals surface area contributed by atoms with E-state index in [-0.39, 0.29) is 0 Å². The summed E-state index contributed by atoms with van der Waals surface area (Å²) in [5.41, 5.74) is 2.17. The molecule has 0 saturated carbocycles. The third-order valence-electron chi connectivity index (χ3n) is 3.00. The molecule has 0 aliphatic heterocycles. The molecular weight excluding hydrogens is 238 g/mol. The minimum atomic E-state index is -0.875. The zero-order valence-corrected chi connectivity index (χ0v) is 10.7. The lowest BCUT2D eigenvalue weighted by molar-refractivity contribution is 0.143. The molecule has 0 heterocycles. The first-order valence-corrected chi connectivity index (χ1v) is 6.31. The molecule has 0 spiro atoms. The van der Waals surface area contributed by atoms with Crippen molar-refractivity contribution in [3.8, 4) is 0 Å². The Hall–Kier alpha value is -2.29. The molecule has 3 nitrogen and oxygen atoms in total. The molecule has 0 saturated heterocycles. The Morgan fingerprint density at radius 2 is 1.42 bits per heavy atom. The second-order valence-corrected chi connectivity index (χ2v) is 4.43. The van der Waals surface area contributed by atoms with Crippen LogP contribution in [0.2, 0.25) is 0 Å². The zero-order valence-electron chi connectivity index (χ0n) is 10.7. The molecule has 0 aliphatic carbocycles. The molecule has 0 atom stereocenters. The monoisotopic (exact) mass is 255 g/mol. The van der Waals surface area contributed by atoms with Crippen LogP contribution in [-0.4, -0.2) is 22.6 Å². The van der Waals surface area contributed by atoms with E-state index in [1.165, 1.54) is 4.90 Å². The highest BCUT2D eigenvalue weighted by Crippen LogP contribution is 2.07. The largest absolute Gasteiger partial charge is 0.465 e. The highest BCUT2D eigenvalue weighted by molar-refractivity contribution is 5.65. The maximum absolute atomic E-state index is 11.3. The fraction of sp³-hybridized carbons (Fsp3) is 0.188. The van der Waals surface area contributed by atoms with Crippen molar-refractivity contribution in [2.45, 2.75) is 13.0 Å². The maximum Gasteiger partial charge on any atom is 0.407 e. The van der Waals surface area contributed by atoms with Gasteiger partial charge >= 0.3 is 6.09 Å².